The minimum atomic E-state index is -1.47. The monoisotopic (exact) mass is 664 g/mol. The lowest BCUT2D eigenvalue weighted by molar-refractivity contribution is -0.292. The van der Waals surface area contributed by atoms with Crippen LogP contribution in [0.3, 0.4) is 0 Å². The van der Waals surface area contributed by atoms with Crippen molar-refractivity contribution in [2.75, 3.05) is 45.9 Å². The summed E-state index contributed by atoms with van der Waals surface area (Å²) in [7, 11) is 0. The molecule has 266 valence electrons. The molecule has 3 rings (SSSR count). The molecule has 0 bridgehead atoms. The number of nitrogens with zero attached hydrogens (tertiary/aromatic N) is 1. The van der Waals surface area contributed by atoms with Crippen molar-refractivity contribution in [3.8, 4) is 0 Å². The summed E-state index contributed by atoms with van der Waals surface area (Å²) in [6.45, 7) is 3.74. The van der Waals surface area contributed by atoms with Gasteiger partial charge in [0, 0.05) is 32.6 Å². The number of aliphatic hydroxyl groups is 6. The number of aliphatic hydroxyl groups excluding tert-OH is 6. The number of hydrogen-bond donors (Lipinski definition) is 9. The Morgan fingerprint density at radius 3 is 1.61 bits per heavy atom. The summed E-state index contributed by atoms with van der Waals surface area (Å²) >= 11 is 0. The second kappa shape index (κ2) is 18.5. The van der Waals surface area contributed by atoms with Crippen molar-refractivity contribution in [1.29, 1.82) is 0 Å². The van der Waals surface area contributed by atoms with Gasteiger partial charge in [-0.05, 0) is 39.7 Å². The maximum absolute atomic E-state index is 13.1. The molecule has 3 aliphatic heterocycles. The van der Waals surface area contributed by atoms with Crippen LogP contribution in [0, 0.1) is 11.8 Å². The lowest BCUT2D eigenvalue weighted by Gasteiger charge is -2.39. The highest BCUT2D eigenvalue weighted by atomic mass is 16.7. The fraction of sp³-hybridized carbons (Fsp3) is 0.897. The Hall–Kier alpha value is -2.03. The Bertz CT molecular complexity index is 917. The average Bonchev–Trinajstić information content (AvgIpc) is 3.05. The minimum absolute atomic E-state index is 0.0234. The molecule has 0 aromatic heterocycles. The zero-order chi connectivity index (χ0) is 34.0. The van der Waals surface area contributed by atoms with Crippen molar-refractivity contribution in [2.45, 2.75) is 107 Å². The lowest BCUT2D eigenvalue weighted by atomic mass is 9.87. The van der Waals surface area contributed by atoms with E-state index in [1.54, 1.807) is 0 Å². The van der Waals surface area contributed by atoms with Crippen LogP contribution in [0.25, 0.3) is 0 Å². The molecule has 3 aliphatic rings. The first kappa shape index (κ1) is 38.4. The molecular formula is C29H52N4O13. The highest BCUT2D eigenvalue weighted by Crippen LogP contribution is 2.25. The van der Waals surface area contributed by atoms with E-state index in [2.05, 4.69) is 10.6 Å². The van der Waals surface area contributed by atoms with Crippen molar-refractivity contribution >= 4 is 17.7 Å². The molecule has 17 nitrogen and oxygen atoms in total. The number of rotatable bonds is 15. The first-order chi connectivity index (χ1) is 21.8. The molecule has 0 aliphatic carbocycles. The largest absolute Gasteiger partial charge is 0.388 e. The van der Waals surface area contributed by atoms with Gasteiger partial charge in [-0.3, -0.25) is 14.4 Å². The molecule has 2 unspecified atom stereocenters. The maximum atomic E-state index is 13.1. The van der Waals surface area contributed by atoms with Gasteiger partial charge < -0.3 is 70.9 Å². The van der Waals surface area contributed by atoms with Gasteiger partial charge in [0.1, 0.15) is 36.6 Å². The van der Waals surface area contributed by atoms with Crippen molar-refractivity contribution < 1.29 is 64.0 Å². The van der Waals surface area contributed by atoms with E-state index in [0.29, 0.717) is 13.0 Å². The number of nitrogens with one attached hydrogen (secondary N) is 2. The number of unbranched alkanes of at least 4 members (excludes halogenated alkanes) is 2. The fourth-order valence-electron chi connectivity index (χ4n) is 5.73. The smallest absolute Gasteiger partial charge is 0.225 e. The number of amides is 3. The summed E-state index contributed by atoms with van der Waals surface area (Å²) in [5.41, 5.74) is 5.54. The standard InChI is InChI=1S/C29H52N4O13/c1-15-20(35)22(37)24(39)28(45-15)43-10-8-31-26(41)17-12-18(14-33(13-17)19(34)6-4-3-5-7-30)27(42)32-9-11-44-29-25(40)23(38)21(36)16(2)46-29/h15-18,20-25,28-29,35-40H,3-14,30H2,1-2H3,(H,31,41)(H,32,42)/t15-,16-,17?,18?,20+,21+,22+,23+,24-,25-,28+,29+/m0/s1. The van der Waals surface area contributed by atoms with Gasteiger partial charge in [-0.1, -0.05) is 6.42 Å². The van der Waals surface area contributed by atoms with Crippen LogP contribution in [-0.2, 0) is 33.3 Å². The molecule has 0 aromatic rings. The Morgan fingerprint density at radius 1 is 0.717 bits per heavy atom. The van der Waals surface area contributed by atoms with Crippen molar-refractivity contribution in [3.05, 3.63) is 0 Å². The predicted octanol–water partition coefficient (Wildman–Crippen LogP) is -4.11. The van der Waals surface area contributed by atoms with E-state index in [-0.39, 0.29) is 58.1 Å². The van der Waals surface area contributed by atoms with Crippen LogP contribution in [0.4, 0.5) is 0 Å². The number of nitrogens with two attached hydrogens (primary N) is 1. The number of piperidine rings is 1. The second-order valence-corrected chi connectivity index (χ2v) is 12.2. The van der Waals surface area contributed by atoms with Crippen LogP contribution < -0.4 is 16.4 Å². The third-order valence-electron chi connectivity index (χ3n) is 8.62. The summed E-state index contributed by atoms with van der Waals surface area (Å²) in [6, 6.07) is 0. The van der Waals surface area contributed by atoms with Gasteiger partial charge in [0.25, 0.3) is 0 Å². The maximum Gasteiger partial charge on any atom is 0.225 e. The third kappa shape index (κ3) is 10.5. The summed E-state index contributed by atoms with van der Waals surface area (Å²) in [5, 5.41) is 65.2. The summed E-state index contributed by atoms with van der Waals surface area (Å²) < 4.78 is 21.7. The SMILES string of the molecule is C[C@@H]1O[C@@H](OCCNC(=O)C2CC(C(=O)NCCO[C@@H]3O[C@@H](C)[C@@H](O)[C@@H](O)[C@@H]3O)CN(C(=O)CCCCCN)C2)[C@@H](O)[C@H](O)[C@@H]1O. The molecule has 0 aromatic carbocycles. The van der Waals surface area contributed by atoms with Crippen molar-refractivity contribution in [1.82, 2.24) is 15.5 Å². The average molecular weight is 665 g/mol. The number of likely N-dealkylation sites (tertiary alicyclic amines) is 1. The molecule has 3 amide bonds. The van der Waals surface area contributed by atoms with Gasteiger partial charge in [-0.2, -0.15) is 0 Å². The van der Waals surface area contributed by atoms with Gasteiger partial charge in [-0.15, -0.1) is 0 Å². The van der Waals surface area contributed by atoms with Crippen molar-refractivity contribution in [3.63, 3.8) is 0 Å². The summed E-state index contributed by atoms with van der Waals surface area (Å²) in [4.78, 5) is 40.8. The van der Waals surface area contributed by atoms with Gasteiger partial charge in [0.15, 0.2) is 12.6 Å². The van der Waals surface area contributed by atoms with E-state index in [1.165, 1.54) is 18.7 Å². The normalized spacial score (nSPS) is 36.7. The Balaban J connectivity index is 1.51. The molecule has 0 saturated carbocycles. The van der Waals surface area contributed by atoms with Gasteiger partial charge in [0.2, 0.25) is 17.7 Å². The van der Waals surface area contributed by atoms with Crippen LogP contribution in [0.2, 0.25) is 0 Å². The molecule has 10 N–H and O–H groups in total. The Labute approximate surface area is 268 Å². The van der Waals surface area contributed by atoms with E-state index in [4.69, 9.17) is 24.7 Å². The van der Waals surface area contributed by atoms with E-state index in [1.807, 2.05) is 0 Å². The van der Waals surface area contributed by atoms with Gasteiger partial charge in [0.05, 0.1) is 37.3 Å². The zero-order valence-electron chi connectivity index (χ0n) is 26.5. The molecule has 0 spiro atoms. The van der Waals surface area contributed by atoms with E-state index >= 15 is 0 Å². The fourth-order valence-corrected chi connectivity index (χ4v) is 5.73. The van der Waals surface area contributed by atoms with Gasteiger partial charge >= 0.3 is 0 Å². The molecule has 46 heavy (non-hydrogen) atoms. The minimum Gasteiger partial charge on any atom is -0.388 e. The van der Waals surface area contributed by atoms with Crippen LogP contribution in [0.1, 0.15) is 46.0 Å². The van der Waals surface area contributed by atoms with Crippen molar-refractivity contribution in [2.24, 2.45) is 17.6 Å². The van der Waals surface area contributed by atoms with E-state index in [0.717, 1.165) is 12.8 Å². The lowest BCUT2D eigenvalue weighted by Crippen LogP contribution is -2.57. The Morgan fingerprint density at radius 2 is 1.17 bits per heavy atom. The third-order valence-corrected chi connectivity index (χ3v) is 8.62. The van der Waals surface area contributed by atoms with E-state index in [9.17, 15) is 45.0 Å². The second-order valence-electron chi connectivity index (χ2n) is 12.2. The zero-order valence-corrected chi connectivity index (χ0v) is 26.5. The summed E-state index contributed by atoms with van der Waals surface area (Å²) in [5.74, 6) is -2.34. The molecule has 0 radical (unpaired) electrons. The van der Waals surface area contributed by atoms with Crippen LogP contribution in [-0.4, -0.2) is 161 Å². The molecule has 3 heterocycles. The molecular weight excluding hydrogens is 612 g/mol. The molecule has 17 heteroatoms. The molecule has 3 fully saturated rings. The number of carbonyl (C=O) groups excluding carboxylic acids is 3. The summed E-state index contributed by atoms with van der Waals surface area (Å²) in [6.07, 6.45) is -9.68. The number of carbonyl (C=O) groups is 3. The van der Waals surface area contributed by atoms with E-state index < -0.39 is 85.1 Å². The first-order valence-corrected chi connectivity index (χ1v) is 16.0. The van der Waals surface area contributed by atoms with Crippen LogP contribution in [0.15, 0.2) is 0 Å². The topological polar surface area (TPSA) is 263 Å². The Kier molecular flexibility index (Phi) is 15.4. The number of hydrogen-bond acceptors (Lipinski definition) is 14. The molecule has 12 atom stereocenters. The highest BCUT2D eigenvalue weighted by molar-refractivity contribution is 5.85. The quantitative estimate of drug-likeness (QED) is 0.0754. The van der Waals surface area contributed by atoms with Crippen LogP contribution in [0.5, 0.6) is 0 Å². The first-order valence-electron chi connectivity index (χ1n) is 16.0. The highest BCUT2D eigenvalue weighted by Gasteiger charge is 2.43. The van der Waals surface area contributed by atoms with Crippen LogP contribution >= 0.6 is 0 Å². The van der Waals surface area contributed by atoms with Gasteiger partial charge in [-0.25, -0.2) is 0 Å². The number of ether oxygens (including phenoxy) is 4. The predicted molar refractivity (Wildman–Crippen MR) is 158 cm³/mol. The molecule has 3 saturated heterocycles.